The Morgan fingerprint density at radius 3 is 2.50 bits per heavy atom. The minimum Gasteiger partial charge on any atom is -0.481 e. The molecule has 1 aromatic carbocycles. The molecule has 0 aliphatic carbocycles. The summed E-state index contributed by atoms with van der Waals surface area (Å²) >= 11 is 0. The van der Waals surface area contributed by atoms with Gasteiger partial charge in [0.1, 0.15) is 0 Å². The highest BCUT2D eigenvalue weighted by atomic mass is 19.3. The molecule has 0 amide bonds. The predicted molar refractivity (Wildman–Crippen MR) is 56.7 cm³/mol. The van der Waals surface area contributed by atoms with E-state index in [0.717, 1.165) is 5.56 Å². The zero-order valence-corrected chi connectivity index (χ0v) is 9.26. The number of carboxylic acid groups (broad SMARTS) is 1. The van der Waals surface area contributed by atoms with Gasteiger partial charge in [-0.1, -0.05) is 23.8 Å². The molecule has 1 rings (SSSR count). The minimum atomic E-state index is -3.07. The first-order valence-electron chi connectivity index (χ1n) is 5.00. The van der Waals surface area contributed by atoms with Crippen molar-refractivity contribution in [3.63, 3.8) is 0 Å². The Balaban J connectivity index is 2.92. The van der Waals surface area contributed by atoms with Gasteiger partial charge in [0.25, 0.3) is 5.92 Å². The molecule has 0 spiro atoms. The van der Waals surface area contributed by atoms with Crippen LogP contribution < -0.4 is 0 Å². The first-order valence-corrected chi connectivity index (χ1v) is 5.00. The SMILES string of the molecule is Cc1ccc(C(F)(F)CCC(=O)O)c(C)c1. The summed E-state index contributed by atoms with van der Waals surface area (Å²) < 4.78 is 27.3. The predicted octanol–water partition coefficient (Wildman–Crippen LogP) is 3.26. The van der Waals surface area contributed by atoms with Crippen molar-refractivity contribution in [3.05, 3.63) is 34.9 Å². The van der Waals surface area contributed by atoms with Crippen molar-refractivity contribution in [2.24, 2.45) is 0 Å². The summed E-state index contributed by atoms with van der Waals surface area (Å²) in [6.45, 7) is 3.43. The first-order chi connectivity index (χ1) is 7.33. The van der Waals surface area contributed by atoms with Crippen molar-refractivity contribution in [2.75, 3.05) is 0 Å². The molecule has 0 aromatic heterocycles. The van der Waals surface area contributed by atoms with E-state index in [1.54, 1.807) is 19.1 Å². The van der Waals surface area contributed by atoms with Crippen LogP contribution in [0.1, 0.15) is 29.5 Å². The molecule has 0 heterocycles. The van der Waals surface area contributed by atoms with Crippen LogP contribution in [0, 0.1) is 13.8 Å². The summed E-state index contributed by atoms with van der Waals surface area (Å²) in [6.07, 6.45) is -1.19. The van der Waals surface area contributed by atoms with Crippen molar-refractivity contribution < 1.29 is 18.7 Å². The maximum Gasteiger partial charge on any atom is 0.303 e. The van der Waals surface area contributed by atoms with E-state index in [4.69, 9.17) is 5.11 Å². The molecule has 16 heavy (non-hydrogen) atoms. The van der Waals surface area contributed by atoms with Gasteiger partial charge in [0.15, 0.2) is 0 Å². The van der Waals surface area contributed by atoms with Crippen LogP contribution in [0.4, 0.5) is 8.78 Å². The summed E-state index contributed by atoms with van der Waals surface area (Å²) in [5, 5.41) is 8.40. The van der Waals surface area contributed by atoms with Gasteiger partial charge in [-0.3, -0.25) is 4.79 Å². The second kappa shape index (κ2) is 4.60. The number of hydrogen-bond acceptors (Lipinski definition) is 1. The molecule has 0 atom stereocenters. The number of hydrogen-bond donors (Lipinski definition) is 1. The maximum atomic E-state index is 13.6. The zero-order chi connectivity index (χ0) is 12.3. The highest BCUT2D eigenvalue weighted by Crippen LogP contribution is 2.35. The number of benzene rings is 1. The summed E-state index contributed by atoms with van der Waals surface area (Å²) in [5.41, 5.74) is 1.32. The molecule has 0 saturated carbocycles. The molecule has 0 radical (unpaired) electrons. The van der Waals surface area contributed by atoms with Gasteiger partial charge in [-0.05, 0) is 19.4 Å². The van der Waals surface area contributed by atoms with Gasteiger partial charge in [0.2, 0.25) is 0 Å². The maximum absolute atomic E-state index is 13.6. The minimum absolute atomic E-state index is 0.0839. The lowest BCUT2D eigenvalue weighted by atomic mass is 9.97. The highest BCUT2D eigenvalue weighted by Gasteiger charge is 2.33. The Kier molecular flexibility index (Phi) is 3.62. The van der Waals surface area contributed by atoms with E-state index in [1.807, 2.05) is 6.92 Å². The first kappa shape index (κ1) is 12.6. The van der Waals surface area contributed by atoms with Gasteiger partial charge in [-0.2, -0.15) is 0 Å². The Morgan fingerprint density at radius 1 is 1.38 bits per heavy atom. The van der Waals surface area contributed by atoms with Crippen LogP contribution in [0.15, 0.2) is 18.2 Å². The molecule has 88 valence electrons. The molecule has 0 fully saturated rings. The van der Waals surface area contributed by atoms with E-state index >= 15 is 0 Å². The third kappa shape index (κ3) is 3.02. The number of halogens is 2. The van der Waals surface area contributed by atoms with E-state index in [-0.39, 0.29) is 5.56 Å². The molecule has 4 heteroatoms. The lowest BCUT2D eigenvalue weighted by Gasteiger charge is -2.18. The van der Waals surface area contributed by atoms with Gasteiger partial charge < -0.3 is 5.11 Å². The molecule has 1 N–H and O–H groups in total. The molecule has 0 aliphatic heterocycles. The van der Waals surface area contributed by atoms with Gasteiger partial charge in [-0.25, -0.2) is 8.78 Å². The van der Waals surface area contributed by atoms with Crippen LogP contribution in [0.3, 0.4) is 0 Å². The van der Waals surface area contributed by atoms with Crippen molar-refractivity contribution >= 4 is 5.97 Å². The fourth-order valence-corrected chi connectivity index (χ4v) is 1.62. The molecule has 2 nitrogen and oxygen atoms in total. The summed E-state index contributed by atoms with van der Waals surface area (Å²) in [5.74, 6) is -4.28. The topological polar surface area (TPSA) is 37.3 Å². The number of carbonyl (C=O) groups is 1. The van der Waals surface area contributed by atoms with Gasteiger partial charge in [0, 0.05) is 12.0 Å². The lowest BCUT2D eigenvalue weighted by molar-refractivity contribution is -0.139. The summed E-state index contributed by atoms with van der Waals surface area (Å²) in [6, 6.07) is 4.65. The zero-order valence-electron chi connectivity index (χ0n) is 9.26. The number of alkyl halides is 2. The van der Waals surface area contributed by atoms with E-state index < -0.39 is 24.7 Å². The fourth-order valence-electron chi connectivity index (χ4n) is 1.62. The second-order valence-electron chi connectivity index (χ2n) is 3.92. The van der Waals surface area contributed by atoms with Crippen LogP contribution in [-0.2, 0) is 10.7 Å². The third-order valence-electron chi connectivity index (χ3n) is 2.43. The molecule has 0 aliphatic rings. The Labute approximate surface area is 92.9 Å². The van der Waals surface area contributed by atoms with Crippen LogP contribution in [0.5, 0.6) is 0 Å². The van der Waals surface area contributed by atoms with Crippen LogP contribution in [-0.4, -0.2) is 11.1 Å². The molecular weight excluding hydrogens is 214 g/mol. The van der Waals surface area contributed by atoms with E-state index in [0.29, 0.717) is 5.56 Å². The van der Waals surface area contributed by atoms with Crippen molar-refractivity contribution in [2.45, 2.75) is 32.6 Å². The smallest absolute Gasteiger partial charge is 0.303 e. The van der Waals surface area contributed by atoms with Crippen LogP contribution in [0.25, 0.3) is 0 Å². The summed E-state index contributed by atoms with van der Waals surface area (Å²) in [7, 11) is 0. The Morgan fingerprint density at radius 2 is 2.00 bits per heavy atom. The van der Waals surface area contributed by atoms with E-state index in [9.17, 15) is 13.6 Å². The molecule has 0 unspecified atom stereocenters. The fraction of sp³-hybridized carbons (Fsp3) is 0.417. The van der Waals surface area contributed by atoms with Crippen molar-refractivity contribution in [3.8, 4) is 0 Å². The largest absolute Gasteiger partial charge is 0.481 e. The van der Waals surface area contributed by atoms with Crippen molar-refractivity contribution in [1.82, 2.24) is 0 Å². The number of carboxylic acids is 1. The highest BCUT2D eigenvalue weighted by molar-refractivity contribution is 5.66. The summed E-state index contributed by atoms with van der Waals surface area (Å²) in [4.78, 5) is 10.3. The number of aliphatic carboxylic acids is 1. The Bertz CT molecular complexity index is 400. The lowest BCUT2D eigenvalue weighted by Crippen LogP contribution is -2.16. The molecule has 0 bridgehead atoms. The third-order valence-corrected chi connectivity index (χ3v) is 2.43. The van der Waals surface area contributed by atoms with E-state index in [2.05, 4.69) is 0 Å². The monoisotopic (exact) mass is 228 g/mol. The Hall–Kier alpha value is -1.45. The van der Waals surface area contributed by atoms with Gasteiger partial charge in [-0.15, -0.1) is 0 Å². The van der Waals surface area contributed by atoms with Gasteiger partial charge >= 0.3 is 5.97 Å². The van der Waals surface area contributed by atoms with Crippen molar-refractivity contribution in [1.29, 1.82) is 0 Å². The normalized spacial score (nSPS) is 11.5. The quantitative estimate of drug-likeness (QED) is 0.858. The molecule has 0 saturated heterocycles. The van der Waals surface area contributed by atoms with E-state index in [1.165, 1.54) is 6.07 Å². The average Bonchev–Trinajstić information content (AvgIpc) is 2.14. The number of rotatable bonds is 4. The van der Waals surface area contributed by atoms with Crippen LogP contribution in [0.2, 0.25) is 0 Å². The molecule has 1 aromatic rings. The standard InChI is InChI=1S/C12H14F2O2/c1-8-3-4-10(9(2)7-8)12(13,14)6-5-11(15)16/h3-4,7H,5-6H2,1-2H3,(H,15,16). The molecular formula is C12H14F2O2. The second-order valence-corrected chi connectivity index (χ2v) is 3.92. The van der Waals surface area contributed by atoms with Crippen LogP contribution >= 0.6 is 0 Å². The average molecular weight is 228 g/mol. The van der Waals surface area contributed by atoms with Gasteiger partial charge in [0.05, 0.1) is 6.42 Å². The number of aryl methyl sites for hydroxylation is 2.